The molecule has 3 saturated carbocycles. The largest absolute Gasteiger partial charge is 0.398 e. The molecule has 0 aromatic carbocycles. The molecular formula is C28H54FN9O4. The minimum Gasteiger partial charge on any atom is -0.398 e. The van der Waals surface area contributed by atoms with Crippen LogP contribution in [0.3, 0.4) is 0 Å². The Balaban J connectivity index is 1.82. The standard InChI is InChI=1S/C28H54FN9O4/c1-27(2,40)25(36-3)23(34)20(39)8-17-19(38-26(35)28(41)10-15(30)11-28)9-18(31)24(22(17)33)42-16-6-4-5-14(7-16)13-37-21(32)12-29/h14-20,22,24,36,39-41H,4-13,30-31,33-34H2,1-3H3,(H2,32,37)(H2,35,38)/b25-23+. The molecule has 3 rings (SSSR count). The van der Waals surface area contributed by atoms with Gasteiger partial charge >= 0.3 is 0 Å². The average Bonchev–Trinajstić information content (AvgIpc) is 2.90. The number of aliphatic hydroxyl groups excluding tert-OH is 1. The van der Waals surface area contributed by atoms with Gasteiger partial charge in [0.25, 0.3) is 0 Å². The Morgan fingerprint density at radius 2 is 1.86 bits per heavy atom. The van der Waals surface area contributed by atoms with Crippen molar-refractivity contribution in [3.63, 3.8) is 0 Å². The van der Waals surface area contributed by atoms with Crippen molar-refractivity contribution in [2.24, 2.45) is 45.5 Å². The van der Waals surface area contributed by atoms with Gasteiger partial charge in [-0.05, 0) is 64.7 Å². The SMILES string of the molecule is CN/C(=C(/N)C(O)CC1C(N=C(N)C2(O)CC(N)C2)CC(N)C(OC2CCCC(CNC(=N)CF)C2)C1N)C(C)(C)O. The lowest BCUT2D eigenvalue weighted by Crippen LogP contribution is -2.63. The number of ether oxygens (including phenoxy) is 1. The van der Waals surface area contributed by atoms with Gasteiger partial charge in [0.1, 0.15) is 29.5 Å². The van der Waals surface area contributed by atoms with E-state index in [0.717, 1.165) is 25.7 Å². The smallest absolute Gasteiger partial charge is 0.146 e. The fourth-order valence-electron chi connectivity index (χ4n) is 6.79. The zero-order chi connectivity index (χ0) is 31.4. The number of likely N-dealkylation sites (N-methyl/N-ethyl adjacent to an activating group) is 1. The molecule has 3 aliphatic carbocycles. The van der Waals surface area contributed by atoms with Crippen molar-refractivity contribution in [3.8, 4) is 0 Å². The first-order chi connectivity index (χ1) is 19.6. The Bertz CT molecular complexity index is 985. The number of aliphatic hydroxyl groups is 3. The summed E-state index contributed by atoms with van der Waals surface area (Å²) in [6, 6.07) is -1.80. The number of nitrogens with zero attached hydrogens (tertiary/aromatic N) is 1. The van der Waals surface area contributed by atoms with Gasteiger partial charge < -0.3 is 59.4 Å². The third-order valence-corrected chi connectivity index (χ3v) is 9.11. The minimum absolute atomic E-state index is 0.0739. The van der Waals surface area contributed by atoms with Crippen molar-refractivity contribution in [2.75, 3.05) is 20.3 Å². The number of hydrogen-bond acceptors (Lipinski definition) is 11. The van der Waals surface area contributed by atoms with Crippen molar-refractivity contribution >= 4 is 11.7 Å². The van der Waals surface area contributed by atoms with Gasteiger partial charge in [-0.1, -0.05) is 6.42 Å². The number of amidine groups is 2. The number of hydrogen-bond donors (Lipinski definition) is 11. The first kappa shape index (κ1) is 34.4. The van der Waals surface area contributed by atoms with E-state index in [0.29, 0.717) is 31.5 Å². The minimum atomic E-state index is -1.31. The molecule has 0 aliphatic heterocycles. The topological polar surface area (TPSA) is 260 Å². The van der Waals surface area contributed by atoms with Crippen molar-refractivity contribution in [1.29, 1.82) is 5.41 Å². The summed E-state index contributed by atoms with van der Waals surface area (Å²) in [5, 5.41) is 45.9. The van der Waals surface area contributed by atoms with Crippen molar-refractivity contribution < 1.29 is 24.4 Å². The summed E-state index contributed by atoms with van der Waals surface area (Å²) in [7, 11) is 1.62. The second kappa shape index (κ2) is 14.1. The Morgan fingerprint density at radius 1 is 1.19 bits per heavy atom. The molecule has 8 unspecified atom stereocenters. The van der Waals surface area contributed by atoms with Gasteiger partial charge in [0.15, 0.2) is 0 Å². The van der Waals surface area contributed by atoms with E-state index >= 15 is 0 Å². The third kappa shape index (κ3) is 8.30. The van der Waals surface area contributed by atoms with Crippen LogP contribution in [0.15, 0.2) is 16.4 Å². The molecule has 3 fully saturated rings. The Kier molecular flexibility index (Phi) is 11.6. The normalized spacial score (nSPS) is 37.3. The summed E-state index contributed by atoms with van der Waals surface area (Å²) in [4.78, 5) is 4.70. The molecule has 14 heteroatoms. The van der Waals surface area contributed by atoms with E-state index in [1.54, 1.807) is 20.9 Å². The number of nitrogens with one attached hydrogen (secondary N) is 3. The number of alkyl halides is 1. The van der Waals surface area contributed by atoms with Crippen molar-refractivity contribution in [1.82, 2.24) is 10.6 Å². The molecule has 0 aromatic heterocycles. The lowest BCUT2D eigenvalue weighted by molar-refractivity contribution is -0.0867. The maximum Gasteiger partial charge on any atom is 0.146 e. The highest BCUT2D eigenvalue weighted by molar-refractivity contribution is 5.90. The molecule has 8 atom stereocenters. The molecule has 0 aromatic rings. The summed E-state index contributed by atoms with van der Waals surface area (Å²) in [5.41, 5.74) is 29.8. The summed E-state index contributed by atoms with van der Waals surface area (Å²) in [6.45, 7) is 2.82. The average molecular weight is 600 g/mol. The summed E-state index contributed by atoms with van der Waals surface area (Å²) >= 11 is 0. The van der Waals surface area contributed by atoms with E-state index in [9.17, 15) is 19.7 Å². The van der Waals surface area contributed by atoms with E-state index in [1.807, 2.05) is 0 Å². The lowest BCUT2D eigenvalue weighted by atomic mass is 9.72. The molecular weight excluding hydrogens is 545 g/mol. The first-order valence-corrected chi connectivity index (χ1v) is 15.0. The maximum atomic E-state index is 12.7. The fourth-order valence-corrected chi connectivity index (χ4v) is 6.79. The van der Waals surface area contributed by atoms with Gasteiger partial charge in [0.2, 0.25) is 0 Å². The molecule has 0 bridgehead atoms. The summed E-state index contributed by atoms with van der Waals surface area (Å²) in [6.07, 6.45) is 2.68. The van der Waals surface area contributed by atoms with Gasteiger partial charge in [0, 0.05) is 37.6 Å². The number of aliphatic imine (C=N–C) groups is 1. The maximum absolute atomic E-state index is 12.7. The third-order valence-electron chi connectivity index (χ3n) is 9.11. The number of rotatable bonds is 12. The number of halogens is 1. The lowest BCUT2D eigenvalue weighted by Gasteiger charge is -2.47. The van der Waals surface area contributed by atoms with Crippen molar-refractivity contribution in [2.45, 2.75) is 119 Å². The molecule has 13 nitrogen and oxygen atoms in total. The van der Waals surface area contributed by atoms with E-state index in [2.05, 4.69) is 10.6 Å². The molecule has 0 heterocycles. The molecule has 16 N–H and O–H groups in total. The van der Waals surface area contributed by atoms with Crippen LogP contribution in [-0.4, -0.2) is 101 Å². The molecule has 242 valence electrons. The van der Waals surface area contributed by atoms with E-state index in [1.165, 1.54) is 0 Å². The fraction of sp³-hybridized carbons (Fsp3) is 0.857. The predicted octanol–water partition coefficient (Wildman–Crippen LogP) is -1.37. The van der Waals surface area contributed by atoms with Gasteiger partial charge in [-0.15, -0.1) is 0 Å². The Labute approximate surface area is 248 Å². The monoisotopic (exact) mass is 599 g/mol. The van der Waals surface area contributed by atoms with Crippen LogP contribution < -0.4 is 39.3 Å². The molecule has 0 amide bonds. The zero-order valence-corrected chi connectivity index (χ0v) is 25.2. The van der Waals surface area contributed by atoms with Crippen LogP contribution in [0.2, 0.25) is 0 Å². The van der Waals surface area contributed by atoms with Crippen LogP contribution in [0.25, 0.3) is 0 Å². The van der Waals surface area contributed by atoms with E-state index < -0.39 is 54.1 Å². The molecule has 0 radical (unpaired) electrons. The number of nitrogens with two attached hydrogens (primary N) is 5. The Hall–Kier alpha value is -2.07. The van der Waals surface area contributed by atoms with Gasteiger partial charge in [0.05, 0.1) is 35.7 Å². The van der Waals surface area contributed by atoms with E-state index in [4.69, 9.17) is 43.8 Å². The highest BCUT2D eigenvalue weighted by Gasteiger charge is 2.48. The van der Waals surface area contributed by atoms with Gasteiger partial charge in [-0.2, -0.15) is 0 Å². The first-order valence-electron chi connectivity index (χ1n) is 15.0. The molecule has 0 saturated heterocycles. The van der Waals surface area contributed by atoms with Gasteiger partial charge in [-0.25, -0.2) is 4.39 Å². The second-order valence-electron chi connectivity index (χ2n) is 13.1. The van der Waals surface area contributed by atoms with Crippen LogP contribution >= 0.6 is 0 Å². The molecule has 3 aliphatic rings. The van der Waals surface area contributed by atoms with Crippen LogP contribution in [0.5, 0.6) is 0 Å². The zero-order valence-electron chi connectivity index (χ0n) is 25.2. The van der Waals surface area contributed by atoms with Gasteiger partial charge in [-0.3, -0.25) is 10.4 Å². The highest BCUT2D eigenvalue weighted by atomic mass is 19.1. The second-order valence-corrected chi connectivity index (χ2v) is 13.1. The van der Waals surface area contributed by atoms with E-state index in [-0.39, 0.29) is 41.9 Å². The summed E-state index contributed by atoms with van der Waals surface area (Å²) in [5.74, 6) is -0.299. The van der Waals surface area contributed by atoms with Crippen molar-refractivity contribution in [3.05, 3.63) is 11.4 Å². The predicted molar refractivity (Wildman–Crippen MR) is 161 cm³/mol. The Morgan fingerprint density at radius 3 is 2.43 bits per heavy atom. The van der Waals surface area contributed by atoms with Crippen LogP contribution in [0.4, 0.5) is 4.39 Å². The van der Waals surface area contributed by atoms with Crippen LogP contribution in [0.1, 0.15) is 65.2 Å². The quantitative estimate of drug-likeness (QED) is 0.0921. The van der Waals surface area contributed by atoms with Crippen LogP contribution in [0, 0.1) is 17.2 Å². The molecule has 0 spiro atoms. The highest BCUT2D eigenvalue weighted by Crippen LogP contribution is 2.37. The summed E-state index contributed by atoms with van der Waals surface area (Å²) < 4.78 is 19.3. The molecule has 42 heavy (non-hydrogen) atoms. The van der Waals surface area contributed by atoms with Crippen LogP contribution in [-0.2, 0) is 4.74 Å².